The second kappa shape index (κ2) is 7.89. The zero-order chi connectivity index (χ0) is 15.1. The molecule has 1 fully saturated rings. The van der Waals surface area contributed by atoms with Crippen molar-refractivity contribution in [3.05, 3.63) is 35.4 Å². The highest BCUT2D eigenvalue weighted by molar-refractivity contribution is 7.88. The number of likely N-dealkylation sites (tertiary alicyclic amines) is 1. The van der Waals surface area contributed by atoms with Crippen molar-refractivity contribution in [1.82, 2.24) is 14.9 Å². The molecule has 1 aromatic rings. The molecule has 1 saturated heterocycles. The van der Waals surface area contributed by atoms with Crippen molar-refractivity contribution in [3.8, 4) is 0 Å². The van der Waals surface area contributed by atoms with E-state index >= 15 is 0 Å². The molecule has 0 atom stereocenters. The summed E-state index contributed by atoms with van der Waals surface area (Å²) < 4.78 is 26.9. The first-order valence-corrected chi connectivity index (χ1v) is 9.16. The van der Waals surface area contributed by atoms with Gasteiger partial charge in [0, 0.05) is 19.6 Å². The van der Waals surface area contributed by atoms with Gasteiger partial charge in [-0.25, -0.2) is 13.1 Å². The fraction of sp³-hybridized carbons (Fsp3) is 0.600. The van der Waals surface area contributed by atoms with Gasteiger partial charge in [0.25, 0.3) is 0 Å². The van der Waals surface area contributed by atoms with Crippen LogP contribution in [0.1, 0.15) is 24.0 Å². The number of nitrogens with zero attached hydrogens (tertiary/aromatic N) is 1. The average molecular weight is 311 g/mol. The lowest BCUT2D eigenvalue weighted by Gasteiger charge is -2.15. The molecule has 0 radical (unpaired) electrons. The monoisotopic (exact) mass is 311 g/mol. The number of rotatable bonds is 8. The van der Waals surface area contributed by atoms with Gasteiger partial charge in [-0.05, 0) is 44.1 Å². The van der Waals surface area contributed by atoms with Crippen LogP contribution < -0.4 is 10.0 Å². The molecule has 1 aliphatic heterocycles. The highest BCUT2D eigenvalue weighted by atomic mass is 32.2. The molecular formula is C15H25N3O2S. The Hall–Kier alpha value is -0.950. The van der Waals surface area contributed by atoms with Crippen molar-refractivity contribution in [3.63, 3.8) is 0 Å². The largest absolute Gasteiger partial charge is 0.316 e. The van der Waals surface area contributed by atoms with Gasteiger partial charge in [0.1, 0.15) is 0 Å². The molecule has 6 heteroatoms. The summed E-state index contributed by atoms with van der Waals surface area (Å²) in [5.41, 5.74) is 1.93. The van der Waals surface area contributed by atoms with Gasteiger partial charge in [0.2, 0.25) is 10.0 Å². The normalized spacial score (nSPS) is 16.4. The van der Waals surface area contributed by atoms with Crippen molar-refractivity contribution in [2.45, 2.75) is 25.1 Å². The number of sulfonamides is 1. The fourth-order valence-electron chi connectivity index (χ4n) is 2.67. The van der Waals surface area contributed by atoms with E-state index in [0.29, 0.717) is 6.54 Å². The Kier molecular flexibility index (Phi) is 6.17. The molecule has 2 N–H and O–H groups in total. The lowest BCUT2D eigenvalue weighted by atomic mass is 10.1. The summed E-state index contributed by atoms with van der Waals surface area (Å²) in [6.45, 7) is 4.23. The molecule has 1 aliphatic rings. The van der Waals surface area contributed by atoms with Gasteiger partial charge in [-0.2, -0.15) is 0 Å². The summed E-state index contributed by atoms with van der Waals surface area (Å²) in [6.07, 6.45) is 2.45. The lowest BCUT2D eigenvalue weighted by molar-refractivity contribution is 0.344. The molecule has 0 spiro atoms. The zero-order valence-corrected chi connectivity index (χ0v) is 13.5. The third kappa shape index (κ3) is 5.74. The van der Waals surface area contributed by atoms with Crippen molar-refractivity contribution in [2.75, 3.05) is 33.2 Å². The summed E-state index contributed by atoms with van der Waals surface area (Å²) in [5, 5.41) is 3.07. The Morgan fingerprint density at radius 2 is 1.90 bits per heavy atom. The molecule has 1 heterocycles. The Balaban J connectivity index is 1.83. The second-order valence-corrected chi connectivity index (χ2v) is 7.36. The molecule has 0 saturated carbocycles. The fourth-order valence-corrected chi connectivity index (χ4v) is 3.79. The topological polar surface area (TPSA) is 61.4 Å². The number of hydrogen-bond donors (Lipinski definition) is 2. The molecule has 0 aromatic heterocycles. The Bertz CT molecular complexity index is 540. The first-order valence-electron chi connectivity index (χ1n) is 7.51. The number of hydrogen-bond acceptors (Lipinski definition) is 4. The molecular weight excluding hydrogens is 286 g/mol. The van der Waals surface area contributed by atoms with Crippen LogP contribution in [0.15, 0.2) is 24.3 Å². The molecule has 1 aromatic carbocycles. The van der Waals surface area contributed by atoms with Gasteiger partial charge < -0.3 is 10.2 Å². The van der Waals surface area contributed by atoms with Gasteiger partial charge >= 0.3 is 0 Å². The molecule has 0 aliphatic carbocycles. The van der Waals surface area contributed by atoms with E-state index in [1.54, 1.807) is 0 Å². The van der Waals surface area contributed by atoms with E-state index in [0.717, 1.165) is 37.3 Å². The smallest absolute Gasteiger partial charge is 0.215 e. The van der Waals surface area contributed by atoms with E-state index in [1.165, 1.54) is 12.8 Å². The van der Waals surface area contributed by atoms with Crippen LogP contribution in [0.4, 0.5) is 0 Å². The van der Waals surface area contributed by atoms with Crippen molar-refractivity contribution in [2.24, 2.45) is 0 Å². The van der Waals surface area contributed by atoms with E-state index in [-0.39, 0.29) is 5.75 Å². The van der Waals surface area contributed by atoms with Crippen LogP contribution in [0.2, 0.25) is 0 Å². The minimum atomic E-state index is -3.26. The van der Waals surface area contributed by atoms with E-state index in [1.807, 2.05) is 31.3 Å². The van der Waals surface area contributed by atoms with E-state index in [9.17, 15) is 8.42 Å². The standard InChI is InChI=1S/C15H25N3O2S/c1-16-12-14-5-4-6-15(11-14)13-21(19,20)17-7-10-18-8-2-3-9-18/h4-6,11,16-17H,2-3,7-10,12-13H2,1H3. The van der Waals surface area contributed by atoms with Gasteiger partial charge in [-0.3, -0.25) is 0 Å². The van der Waals surface area contributed by atoms with Gasteiger partial charge in [-0.1, -0.05) is 24.3 Å². The minimum Gasteiger partial charge on any atom is -0.316 e. The number of benzene rings is 1. The van der Waals surface area contributed by atoms with Crippen molar-refractivity contribution >= 4 is 10.0 Å². The highest BCUT2D eigenvalue weighted by Gasteiger charge is 2.14. The highest BCUT2D eigenvalue weighted by Crippen LogP contribution is 2.09. The Morgan fingerprint density at radius 3 is 2.62 bits per heavy atom. The first kappa shape index (κ1) is 16.4. The molecule has 118 valence electrons. The van der Waals surface area contributed by atoms with Gasteiger partial charge in [0.05, 0.1) is 5.75 Å². The van der Waals surface area contributed by atoms with Crippen LogP contribution in [-0.2, 0) is 22.3 Å². The average Bonchev–Trinajstić information content (AvgIpc) is 2.92. The molecule has 5 nitrogen and oxygen atoms in total. The van der Waals surface area contributed by atoms with Crippen LogP contribution >= 0.6 is 0 Å². The predicted molar refractivity (Wildman–Crippen MR) is 85.5 cm³/mol. The number of nitrogens with one attached hydrogen (secondary N) is 2. The molecule has 0 bridgehead atoms. The van der Waals surface area contributed by atoms with Crippen LogP contribution in [0, 0.1) is 0 Å². The summed E-state index contributed by atoms with van der Waals surface area (Å²) >= 11 is 0. The predicted octanol–water partition coefficient (Wildman–Crippen LogP) is 0.921. The van der Waals surface area contributed by atoms with E-state index in [4.69, 9.17) is 0 Å². The van der Waals surface area contributed by atoms with Crippen LogP contribution in [0.3, 0.4) is 0 Å². The van der Waals surface area contributed by atoms with Crippen LogP contribution in [-0.4, -0.2) is 46.5 Å². The minimum absolute atomic E-state index is 0.0462. The third-order valence-corrected chi connectivity index (χ3v) is 5.03. The van der Waals surface area contributed by atoms with Crippen molar-refractivity contribution < 1.29 is 8.42 Å². The lowest BCUT2D eigenvalue weighted by Crippen LogP contribution is -2.34. The Labute approximate surface area is 127 Å². The summed E-state index contributed by atoms with van der Waals surface area (Å²) in [6, 6.07) is 7.70. The maximum atomic E-state index is 12.1. The molecule has 21 heavy (non-hydrogen) atoms. The van der Waals surface area contributed by atoms with Crippen LogP contribution in [0.5, 0.6) is 0 Å². The summed E-state index contributed by atoms with van der Waals surface area (Å²) in [4.78, 5) is 2.30. The van der Waals surface area contributed by atoms with E-state index < -0.39 is 10.0 Å². The van der Waals surface area contributed by atoms with Crippen LogP contribution in [0.25, 0.3) is 0 Å². The molecule has 0 amide bonds. The quantitative estimate of drug-likeness (QED) is 0.749. The van der Waals surface area contributed by atoms with Crippen molar-refractivity contribution in [1.29, 1.82) is 0 Å². The first-order chi connectivity index (χ1) is 10.1. The second-order valence-electron chi connectivity index (χ2n) is 5.55. The molecule has 2 rings (SSSR count). The molecule has 0 unspecified atom stereocenters. The summed E-state index contributed by atoms with van der Waals surface area (Å²) in [5.74, 6) is 0.0462. The summed E-state index contributed by atoms with van der Waals surface area (Å²) in [7, 11) is -1.38. The maximum Gasteiger partial charge on any atom is 0.215 e. The SMILES string of the molecule is CNCc1cccc(CS(=O)(=O)NCCN2CCCC2)c1. The maximum absolute atomic E-state index is 12.1. The zero-order valence-electron chi connectivity index (χ0n) is 12.6. The van der Waals surface area contributed by atoms with Gasteiger partial charge in [0.15, 0.2) is 0 Å². The van der Waals surface area contributed by atoms with Gasteiger partial charge in [-0.15, -0.1) is 0 Å². The van der Waals surface area contributed by atoms with E-state index in [2.05, 4.69) is 14.9 Å². The Morgan fingerprint density at radius 1 is 1.19 bits per heavy atom. The third-order valence-electron chi connectivity index (χ3n) is 3.68.